The van der Waals surface area contributed by atoms with E-state index in [1.807, 2.05) is 0 Å². The topological polar surface area (TPSA) is 93.2 Å². The molecule has 3 saturated heterocycles. The van der Waals surface area contributed by atoms with Crippen molar-refractivity contribution in [3.63, 3.8) is 0 Å². The normalized spacial score (nSPS) is 29.4. The van der Waals surface area contributed by atoms with Crippen LogP contribution in [0.4, 0.5) is 9.59 Å². The number of fused-ring (bicyclic) bond motifs is 1. The molecular formula is C11H16N4O4S. The predicted octanol–water partition coefficient (Wildman–Crippen LogP) is -0.725. The van der Waals surface area contributed by atoms with Crippen molar-refractivity contribution in [1.29, 1.82) is 0 Å². The number of carbonyl (C=O) groups is 3. The predicted molar refractivity (Wildman–Crippen MR) is 71.4 cm³/mol. The molecule has 0 bridgehead atoms. The van der Waals surface area contributed by atoms with Crippen molar-refractivity contribution in [3.8, 4) is 0 Å². The van der Waals surface area contributed by atoms with Crippen LogP contribution in [0.25, 0.3) is 0 Å². The van der Waals surface area contributed by atoms with Gasteiger partial charge in [-0.1, -0.05) is 0 Å². The Bertz CT molecular complexity index is 460. The molecule has 3 aliphatic rings. The molecule has 2 N–H and O–H groups in total. The van der Waals surface area contributed by atoms with Gasteiger partial charge in [-0.3, -0.25) is 0 Å². The Morgan fingerprint density at radius 2 is 2.15 bits per heavy atom. The number of hydrogen-bond acceptors (Lipinski definition) is 4. The molecule has 0 spiro atoms. The zero-order valence-electron chi connectivity index (χ0n) is 10.8. The summed E-state index contributed by atoms with van der Waals surface area (Å²) in [5.74, 6) is -0.109. The summed E-state index contributed by atoms with van der Waals surface area (Å²) in [7, 11) is 0. The van der Waals surface area contributed by atoms with Crippen molar-refractivity contribution in [2.24, 2.45) is 0 Å². The molecule has 4 amide bonds. The van der Waals surface area contributed by atoms with E-state index in [0.717, 1.165) is 0 Å². The zero-order chi connectivity index (χ0) is 14.3. The maximum atomic E-state index is 12.4. The first-order valence-corrected chi connectivity index (χ1v) is 7.64. The minimum absolute atomic E-state index is 0.00117. The molecular weight excluding hydrogens is 284 g/mol. The van der Waals surface area contributed by atoms with Crippen LogP contribution in [0.15, 0.2) is 0 Å². The van der Waals surface area contributed by atoms with Gasteiger partial charge in [0.15, 0.2) is 0 Å². The van der Waals surface area contributed by atoms with Crippen LogP contribution >= 0.6 is 11.8 Å². The van der Waals surface area contributed by atoms with E-state index >= 15 is 0 Å². The molecule has 20 heavy (non-hydrogen) atoms. The third-order valence-electron chi connectivity index (χ3n) is 3.92. The van der Waals surface area contributed by atoms with Crippen molar-refractivity contribution in [2.45, 2.75) is 12.1 Å². The van der Waals surface area contributed by atoms with Gasteiger partial charge >= 0.3 is 18.0 Å². The lowest BCUT2D eigenvalue weighted by atomic mass is 10.2. The zero-order valence-corrected chi connectivity index (χ0v) is 11.6. The molecule has 3 aliphatic heterocycles. The van der Waals surface area contributed by atoms with Gasteiger partial charge in [0.2, 0.25) is 0 Å². The molecule has 8 nitrogen and oxygen atoms in total. The molecule has 0 radical (unpaired) electrons. The van der Waals surface area contributed by atoms with E-state index in [4.69, 9.17) is 5.11 Å². The van der Waals surface area contributed by atoms with Crippen LogP contribution in [-0.2, 0) is 4.79 Å². The number of nitrogens with zero attached hydrogens (tertiary/aromatic N) is 3. The van der Waals surface area contributed by atoms with Gasteiger partial charge in [-0.15, -0.1) is 11.8 Å². The summed E-state index contributed by atoms with van der Waals surface area (Å²) < 4.78 is 0. The van der Waals surface area contributed by atoms with Gasteiger partial charge in [0, 0.05) is 31.9 Å². The van der Waals surface area contributed by atoms with Crippen LogP contribution in [-0.4, -0.2) is 87.7 Å². The number of aliphatic carboxylic acids is 1. The van der Waals surface area contributed by atoms with Crippen LogP contribution in [0, 0.1) is 0 Å². The highest BCUT2D eigenvalue weighted by molar-refractivity contribution is 7.99. The van der Waals surface area contributed by atoms with Gasteiger partial charge in [0.1, 0.15) is 6.04 Å². The first kappa shape index (κ1) is 13.3. The van der Waals surface area contributed by atoms with Crippen molar-refractivity contribution in [1.82, 2.24) is 20.0 Å². The van der Waals surface area contributed by atoms with Crippen LogP contribution in [0.1, 0.15) is 0 Å². The number of hydrogen-bond donors (Lipinski definition) is 2. The lowest BCUT2D eigenvalue weighted by Crippen LogP contribution is -2.58. The molecule has 0 aromatic carbocycles. The first-order valence-electron chi connectivity index (χ1n) is 6.48. The third kappa shape index (κ3) is 2.15. The molecule has 0 aromatic rings. The number of carboxylic acid groups (broad SMARTS) is 1. The Kier molecular flexibility index (Phi) is 3.36. The first-order chi connectivity index (χ1) is 9.58. The van der Waals surface area contributed by atoms with Crippen molar-refractivity contribution in [2.75, 3.05) is 37.8 Å². The highest BCUT2D eigenvalue weighted by Gasteiger charge is 2.41. The summed E-state index contributed by atoms with van der Waals surface area (Å²) in [6, 6.07) is -1.06. The second kappa shape index (κ2) is 5.04. The largest absolute Gasteiger partial charge is 0.480 e. The number of urea groups is 2. The van der Waals surface area contributed by atoms with Gasteiger partial charge in [-0.05, 0) is 0 Å². The molecule has 9 heteroatoms. The van der Waals surface area contributed by atoms with E-state index in [-0.39, 0.29) is 18.1 Å². The lowest BCUT2D eigenvalue weighted by Gasteiger charge is -2.38. The molecule has 3 heterocycles. The Morgan fingerprint density at radius 1 is 1.35 bits per heavy atom. The number of piperazine rings is 1. The quantitative estimate of drug-likeness (QED) is 0.666. The van der Waals surface area contributed by atoms with Crippen LogP contribution < -0.4 is 5.32 Å². The fraction of sp³-hybridized carbons (Fsp3) is 0.727. The second-order valence-corrected chi connectivity index (χ2v) is 6.09. The van der Waals surface area contributed by atoms with Crippen LogP contribution in [0.5, 0.6) is 0 Å². The number of carboxylic acids is 1. The summed E-state index contributed by atoms with van der Waals surface area (Å²) in [5, 5.41) is 11.9. The number of carbonyl (C=O) groups excluding carboxylic acids is 2. The van der Waals surface area contributed by atoms with Crippen molar-refractivity contribution >= 4 is 29.8 Å². The SMILES string of the molecule is O=C(O)C1CSCN1C(=O)N1CCN2C(=O)NCC2C1. The molecule has 0 saturated carbocycles. The van der Waals surface area contributed by atoms with Crippen molar-refractivity contribution in [3.05, 3.63) is 0 Å². The van der Waals surface area contributed by atoms with Crippen LogP contribution in [0.3, 0.4) is 0 Å². The molecule has 0 aromatic heterocycles. The summed E-state index contributed by atoms with van der Waals surface area (Å²) in [6.45, 7) is 1.96. The fourth-order valence-electron chi connectivity index (χ4n) is 2.80. The molecule has 3 rings (SSSR count). The van der Waals surface area contributed by atoms with Gasteiger partial charge in [-0.25, -0.2) is 14.4 Å². The molecule has 2 unspecified atom stereocenters. The molecule has 0 aliphatic carbocycles. The Labute approximate surface area is 120 Å². The number of nitrogens with one attached hydrogen (secondary N) is 1. The maximum absolute atomic E-state index is 12.4. The van der Waals surface area contributed by atoms with Gasteiger partial charge in [0.05, 0.1) is 11.9 Å². The Hall–Kier alpha value is -1.64. The summed E-state index contributed by atoms with van der Waals surface area (Å²) in [5.41, 5.74) is 0. The highest BCUT2D eigenvalue weighted by atomic mass is 32.2. The van der Waals surface area contributed by atoms with E-state index in [2.05, 4.69) is 5.32 Å². The number of amides is 4. The third-order valence-corrected chi connectivity index (χ3v) is 4.93. The number of rotatable bonds is 1. The van der Waals surface area contributed by atoms with E-state index in [9.17, 15) is 14.4 Å². The van der Waals surface area contributed by atoms with Crippen LogP contribution in [0.2, 0.25) is 0 Å². The highest BCUT2D eigenvalue weighted by Crippen LogP contribution is 2.24. The minimum atomic E-state index is -0.959. The minimum Gasteiger partial charge on any atom is -0.480 e. The summed E-state index contributed by atoms with van der Waals surface area (Å²) in [6.07, 6.45) is 0. The average Bonchev–Trinajstić information content (AvgIpc) is 3.05. The van der Waals surface area contributed by atoms with Crippen molar-refractivity contribution < 1.29 is 19.5 Å². The molecule has 2 atom stereocenters. The van der Waals surface area contributed by atoms with E-state index in [1.165, 1.54) is 16.7 Å². The molecule has 3 fully saturated rings. The van der Waals surface area contributed by atoms with E-state index < -0.39 is 12.0 Å². The van der Waals surface area contributed by atoms with Gasteiger partial charge in [0.25, 0.3) is 0 Å². The Morgan fingerprint density at radius 3 is 2.90 bits per heavy atom. The smallest absolute Gasteiger partial charge is 0.327 e. The summed E-state index contributed by atoms with van der Waals surface area (Å²) in [4.78, 5) is 39.9. The number of thioether (sulfide) groups is 1. The summed E-state index contributed by atoms with van der Waals surface area (Å²) >= 11 is 1.45. The standard InChI is InChI=1S/C11H16N4O4S/c16-9(17)8-5-20-6-15(8)11(19)13-1-2-14-7(4-13)3-12-10(14)18/h7-8H,1-6H2,(H,12,18)(H,16,17). The fourth-order valence-corrected chi connectivity index (χ4v) is 3.93. The van der Waals surface area contributed by atoms with Gasteiger partial charge < -0.3 is 25.1 Å². The van der Waals surface area contributed by atoms with E-state index in [1.54, 1.807) is 9.80 Å². The second-order valence-electron chi connectivity index (χ2n) is 5.09. The Balaban J connectivity index is 1.66. The lowest BCUT2D eigenvalue weighted by molar-refractivity contribution is -0.141. The molecule has 110 valence electrons. The average molecular weight is 300 g/mol. The van der Waals surface area contributed by atoms with Gasteiger partial charge in [-0.2, -0.15) is 0 Å². The monoisotopic (exact) mass is 300 g/mol. The van der Waals surface area contributed by atoms with E-state index in [0.29, 0.717) is 37.8 Å². The maximum Gasteiger partial charge on any atom is 0.327 e.